The molecule has 1 aliphatic carbocycles. The lowest BCUT2D eigenvalue weighted by Gasteiger charge is -2.13. The summed E-state index contributed by atoms with van der Waals surface area (Å²) in [5.74, 6) is -1.80. The van der Waals surface area contributed by atoms with Gasteiger partial charge in [-0.3, -0.25) is 19.4 Å². The van der Waals surface area contributed by atoms with Crippen LogP contribution in [0.3, 0.4) is 0 Å². The Balaban J connectivity index is 1.63. The quantitative estimate of drug-likeness (QED) is 0.764. The van der Waals surface area contributed by atoms with Crippen LogP contribution in [0.15, 0.2) is 48.8 Å². The monoisotopic (exact) mass is 353 g/mol. The highest BCUT2D eigenvalue weighted by Crippen LogP contribution is 2.26. The fourth-order valence-electron chi connectivity index (χ4n) is 3.04. The van der Waals surface area contributed by atoms with Crippen LogP contribution in [0.4, 0.5) is 5.69 Å². The highest BCUT2D eigenvalue weighted by Gasteiger charge is 2.30. The molecule has 0 spiro atoms. The van der Waals surface area contributed by atoms with Gasteiger partial charge in [-0.2, -0.15) is 0 Å². The third-order valence-corrected chi connectivity index (χ3v) is 4.42. The molecule has 7 heteroatoms. The van der Waals surface area contributed by atoms with Gasteiger partial charge in [-0.25, -0.2) is 0 Å². The van der Waals surface area contributed by atoms with Crippen LogP contribution in [0, 0.1) is 5.92 Å². The third kappa shape index (κ3) is 4.24. The molecule has 1 aliphatic rings. The van der Waals surface area contributed by atoms with Crippen molar-refractivity contribution < 1.29 is 19.5 Å². The lowest BCUT2D eigenvalue weighted by Crippen LogP contribution is -2.33. The predicted molar refractivity (Wildman–Crippen MR) is 94.9 cm³/mol. The number of amides is 2. The number of pyridine rings is 1. The Morgan fingerprint density at radius 1 is 1.04 bits per heavy atom. The van der Waals surface area contributed by atoms with Crippen molar-refractivity contribution in [1.82, 2.24) is 10.3 Å². The van der Waals surface area contributed by atoms with Crippen LogP contribution in [0.1, 0.15) is 40.0 Å². The summed E-state index contributed by atoms with van der Waals surface area (Å²) in [5, 5.41) is 14.6. The van der Waals surface area contributed by atoms with Gasteiger partial charge in [0.15, 0.2) is 0 Å². The van der Waals surface area contributed by atoms with E-state index in [0.29, 0.717) is 36.1 Å². The number of aromatic nitrogens is 1. The van der Waals surface area contributed by atoms with Crippen LogP contribution in [0.2, 0.25) is 0 Å². The van der Waals surface area contributed by atoms with Crippen molar-refractivity contribution in [2.24, 2.45) is 5.92 Å². The highest BCUT2D eigenvalue weighted by atomic mass is 16.4. The molecule has 0 bridgehead atoms. The molecule has 0 radical (unpaired) electrons. The predicted octanol–water partition coefficient (Wildman–Crippen LogP) is 2.32. The van der Waals surface area contributed by atoms with Crippen LogP contribution >= 0.6 is 0 Å². The Kier molecular flexibility index (Phi) is 5.26. The standard InChI is InChI=1S/C19H19N3O4/c23-17(22-16-7-6-13(10-16)19(25)26)12-3-1-5-15(9-12)21-18(24)14-4-2-8-20-11-14/h1-5,8-9,11,13,16H,6-7,10H2,(H,21,24)(H,22,23)(H,25,26)/t13-,16+/m0/s1. The molecule has 3 N–H and O–H groups in total. The van der Waals surface area contributed by atoms with E-state index in [2.05, 4.69) is 15.6 Å². The molecule has 2 aromatic rings. The summed E-state index contributed by atoms with van der Waals surface area (Å²) in [4.78, 5) is 39.5. The van der Waals surface area contributed by atoms with Crippen molar-refractivity contribution in [1.29, 1.82) is 0 Å². The van der Waals surface area contributed by atoms with Gasteiger partial charge in [0.1, 0.15) is 0 Å². The Hall–Kier alpha value is -3.22. The average molecular weight is 353 g/mol. The summed E-state index contributed by atoms with van der Waals surface area (Å²) in [6.45, 7) is 0. The molecule has 3 rings (SSSR count). The Bertz CT molecular complexity index is 823. The first-order valence-electron chi connectivity index (χ1n) is 8.38. The van der Waals surface area contributed by atoms with Gasteiger partial charge in [-0.05, 0) is 49.6 Å². The lowest BCUT2D eigenvalue weighted by atomic mass is 10.1. The number of hydrogen-bond donors (Lipinski definition) is 3. The van der Waals surface area contributed by atoms with Crippen LogP contribution in [0.5, 0.6) is 0 Å². The van der Waals surface area contributed by atoms with E-state index >= 15 is 0 Å². The third-order valence-electron chi connectivity index (χ3n) is 4.42. The smallest absolute Gasteiger partial charge is 0.306 e. The minimum atomic E-state index is -0.818. The van der Waals surface area contributed by atoms with E-state index in [1.165, 1.54) is 6.20 Å². The Morgan fingerprint density at radius 3 is 2.54 bits per heavy atom. The normalized spacial score (nSPS) is 18.9. The van der Waals surface area contributed by atoms with E-state index in [1.807, 2.05) is 0 Å². The maximum atomic E-state index is 12.4. The number of carbonyl (C=O) groups is 3. The maximum absolute atomic E-state index is 12.4. The number of hydrogen-bond acceptors (Lipinski definition) is 4. The molecule has 0 unspecified atom stereocenters. The zero-order valence-electron chi connectivity index (χ0n) is 14.0. The molecule has 134 valence electrons. The Labute approximate surface area is 150 Å². The van der Waals surface area contributed by atoms with Gasteiger partial charge in [0.25, 0.3) is 11.8 Å². The number of aliphatic carboxylic acids is 1. The zero-order chi connectivity index (χ0) is 18.5. The average Bonchev–Trinajstić information content (AvgIpc) is 3.11. The zero-order valence-corrected chi connectivity index (χ0v) is 14.0. The van der Waals surface area contributed by atoms with Gasteiger partial charge < -0.3 is 15.7 Å². The van der Waals surface area contributed by atoms with Crippen molar-refractivity contribution in [3.05, 3.63) is 59.9 Å². The van der Waals surface area contributed by atoms with E-state index in [9.17, 15) is 14.4 Å². The summed E-state index contributed by atoms with van der Waals surface area (Å²) in [7, 11) is 0. The second-order valence-electron chi connectivity index (χ2n) is 6.30. The topological polar surface area (TPSA) is 108 Å². The van der Waals surface area contributed by atoms with Crippen LogP contribution in [-0.2, 0) is 4.79 Å². The number of carbonyl (C=O) groups excluding carboxylic acids is 2. The summed E-state index contributed by atoms with van der Waals surface area (Å²) >= 11 is 0. The molecule has 1 heterocycles. The number of rotatable bonds is 5. The number of anilines is 1. The van der Waals surface area contributed by atoms with Crippen molar-refractivity contribution in [2.75, 3.05) is 5.32 Å². The SMILES string of the molecule is O=C(Nc1cccc(C(=O)N[C@@H]2CC[C@H](C(=O)O)C2)c1)c1cccnc1. The fraction of sp³-hybridized carbons (Fsp3) is 0.263. The first-order chi connectivity index (χ1) is 12.5. The van der Waals surface area contributed by atoms with Gasteiger partial charge in [0, 0.05) is 29.7 Å². The highest BCUT2D eigenvalue weighted by molar-refractivity contribution is 6.04. The van der Waals surface area contributed by atoms with Crippen molar-refractivity contribution in [3.63, 3.8) is 0 Å². The molecule has 2 amide bonds. The Morgan fingerprint density at radius 2 is 1.85 bits per heavy atom. The van der Waals surface area contributed by atoms with Gasteiger partial charge in [0.2, 0.25) is 0 Å². The van der Waals surface area contributed by atoms with Crippen LogP contribution < -0.4 is 10.6 Å². The molecule has 0 aliphatic heterocycles. The largest absolute Gasteiger partial charge is 0.481 e. The lowest BCUT2D eigenvalue weighted by molar-refractivity contribution is -0.141. The maximum Gasteiger partial charge on any atom is 0.306 e. The summed E-state index contributed by atoms with van der Waals surface area (Å²) in [6.07, 6.45) is 4.71. The molecule has 7 nitrogen and oxygen atoms in total. The molecule has 1 aromatic carbocycles. The molecule has 1 aromatic heterocycles. The van der Waals surface area contributed by atoms with E-state index in [-0.39, 0.29) is 17.9 Å². The second kappa shape index (κ2) is 7.77. The van der Waals surface area contributed by atoms with Crippen LogP contribution in [0.25, 0.3) is 0 Å². The van der Waals surface area contributed by atoms with Crippen LogP contribution in [-0.4, -0.2) is 33.9 Å². The van der Waals surface area contributed by atoms with E-state index < -0.39 is 11.9 Å². The summed E-state index contributed by atoms with van der Waals surface area (Å²) in [6, 6.07) is 9.80. The first kappa shape index (κ1) is 17.6. The number of nitrogens with zero attached hydrogens (tertiary/aromatic N) is 1. The number of nitrogens with one attached hydrogen (secondary N) is 2. The van der Waals surface area contributed by atoms with E-state index in [0.717, 1.165) is 0 Å². The van der Waals surface area contributed by atoms with E-state index in [1.54, 1.807) is 42.6 Å². The van der Waals surface area contributed by atoms with Gasteiger partial charge in [-0.15, -0.1) is 0 Å². The molecule has 0 saturated heterocycles. The first-order valence-corrected chi connectivity index (χ1v) is 8.38. The van der Waals surface area contributed by atoms with Gasteiger partial charge >= 0.3 is 5.97 Å². The fourth-order valence-corrected chi connectivity index (χ4v) is 3.04. The van der Waals surface area contributed by atoms with Crippen molar-refractivity contribution in [2.45, 2.75) is 25.3 Å². The van der Waals surface area contributed by atoms with Gasteiger partial charge in [-0.1, -0.05) is 6.07 Å². The number of carboxylic acid groups (broad SMARTS) is 1. The molecule has 1 fully saturated rings. The molecule has 2 atom stereocenters. The summed E-state index contributed by atoms with van der Waals surface area (Å²) in [5.41, 5.74) is 1.34. The molecule has 1 saturated carbocycles. The molecular formula is C19H19N3O4. The number of carboxylic acids is 1. The summed E-state index contributed by atoms with van der Waals surface area (Å²) < 4.78 is 0. The molecular weight excluding hydrogens is 334 g/mol. The molecule has 26 heavy (non-hydrogen) atoms. The minimum Gasteiger partial charge on any atom is -0.481 e. The van der Waals surface area contributed by atoms with Gasteiger partial charge in [0.05, 0.1) is 11.5 Å². The minimum absolute atomic E-state index is 0.141. The van der Waals surface area contributed by atoms with Crippen molar-refractivity contribution in [3.8, 4) is 0 Å². The van der Waals surface area contributed by atoms with Crippen molar-refractivity contribution >= 4 is 23.5 Å². The van der Waals surface area contributed by atoms with E-state index in [4.69, 9.17) is 5.11 Å². The second-order valence-corrected chi connectivity index (χ2v) is 6.30. The number of benzene rings is 1.